The largest absolute Gasteiger partial charge is 0.372 e. The summed E-state index contributed by atoms with van der Waals surface area (Å²) in [5.41, 5.74) is 3.64. The number of H-pyrrole nitrogens is 1. The standard InChI is InChI=1S/C18H21N5/c1-19-18-11-20-10-16(22-18)17-6-3-9-23(17)12-13-4-2-5-15-14(13)7-8-21-15/h2,4-5,7-8,10-11,17,21H,3,6,9,12H2,1H3,(H,19,22). The maximum Gasteiger partial charge on any atom is 0.144 e. The minimum absolute atomic E-state index is 0.352. The first-order chi connectivity index (χ1) is 11.3. The molecule has 3 heterocycles. The van der Waals surface area contributed by atoms with Crippen LogP contribution >= 0.6 is 0 Å². The lowest BCUT2D eigenvalue weighted by Crippen LogP contribution is -2.23. The number of anilines is 1. The minimum Gasteiger partial charge on any atom is -0.372 e. The lowest BCUT2D eigenvalue weighted by molar-refractivity contribution is 0.245. The van der Waals surface area contributed by atoms with Gasteiger partial charge >= 0.3 is 0 Å². The van der Waals surface area contributed by atoms with Crippen LogP contribution in [0, 0.1) is 0 Å². The van der Waals surface area contributed by atoms with E-state index in [1.807, 2.05) is 19.4 Å². The van der Waals surface area contributed by atoms with E-state index in [2.05, 4.69) is 44.5 Å². The molecule has 0 spiro atoms. The molecular weight excluding hydrogens is 286 g/mol. The Kier molecular flexibility index (Phi) is 3.71. The van der Waals surface area contributed by atoms with Crippen molar-refractivity contribution in [1.29, 1.82) is 0 Å². The molecule has 1 aromatic carbocycles. The fourth-order valence-electron chi connectivity index (χ4n) is 3.52. The number of rotatable bonds is 4. The minimum atomic E-state index is 0.352. The molecule has 5 nitrogen and oxygen atoms in total. The summed E-state index contributed by atoms with van der Waals surface area (Å²) in [5, 5.41) is 4.39. The average molecular weight is 307 g/mol. The van der Waals surface area contributed by atoms with Crippen molar-refractivity contribution in [2.45, 2.75) is 25.4 Å². The van der Waals surface area contributed by atoms with Gasteiger partial charge in [-0.3, -0.25) is 9.88 Å². The molecule has 0 amide bonds. The normalized spacial score (nSPS) is 18.6. The summed E-state index contributed by atoms with van der Waals surface area (Å²) < 4.78 is 0. The molecule has 1 aliphatic rings. The lowest BCUT2D eigenvalue weighted by atomic mass is 10.1. The molecule has 3 aromatic rings. The highest BCUT2D eigenvalue weighted by atomic mass is 15.2. The van der Waals surface area contributed by atoms with E-state index in [0.717, 1.165) is 31.0 Å². The summed E-state index contributed by atoms with van der Waals surface area (Å²) in [6.07, 6.45) is 8.03. The summed E-state index contributed by atoms with van der Waals surface area (Å²) in [4.78, 5) is 14.8. The van der Waals surface area contributed by atoms with Crippen LogP contribution in [0.3, 0.4) is 0 Å². The molecule has 1 saturated heterocycles. The summed E-state index contributed by atoms with van der Waals surface area (Å²) in [6.45, 7) is 2.06. The van der Waals surface area contributed by atoms with Gasteiger partial charge in [0.15, 0.2) is 0 Å². The lowest BCUT2D eigenvalue weighted by Gasteiger charge is -2.24. The van der Waals surface area contributed by atoms with Crippen molar-refractivity contribution < 1.29 is 0 Å². The van der Waals surface area contributed by atoms with E-state index in [-0.39, 0.29) is 0 Å². The molecule has 118 valence electrons. The Morgan fingerprint density at radius 2 is 2.26 bits per heavy atom. The van der Waals surface area contributed by atoms with Crippen molar-refractivity contribution >= 4 is 16.7 Å². The van der Waals surface area contributed by atoms with Crippen LogP contribution < -0.4 is 5.32 Å². The smallest absolute Gasteiger partial charge is 0.144 e. The first kappa shape index (κ1) is 14.2. The summed E-state index contributed by atoms with van der Waals surface area (Å²) in [5.74, 6) is 0.835. The molecule has 0 saturated carbocycles. The van der Waals surface area contributed by atoms with Crippen LogP contribution in [0.15, 0.2) is 42.9 Å². The monoisotopic (exact) mass is 307 g/mol. The predicted octanol–water partition coefficient (Wildman–Crippen LogP) is 3.34. The van der Waals surface area contributed by atoms with Crippen LogP contribution in [0.2, 0.25) is 0 Å². The Morgan fingerprint density at radius 1 is 1.30 bits per heavy atom. The van der Waals surface area contributed by atoms with Crippen molar-refractivity contribution in [2.75, 3.05) is 18.9 Å². The summed E-state index contributed by atoms with van der Waals surface area (Å²) in [6, 6.07) is 8.99. The van der Waals surface area contributed by atoms with Gasteiger partial charge in [0, 0.05) is 30.7 Å². The number of nitrogens with one attached hydrogen (secondary N) is 2. The van der Waals surface area contributed by atoms with Crippen molar-refractivity contribution in [3.63, 3.8) is 0 Å². The molecule has 23 heavy (non-hydrogen) atoms. The van der Waals surface area contributed by atoms with E-state index in [9.17, 15) is 0 Å². The highest BCUT2D eigenvalue weighted by Crippen LogP contribution is 2.33. The Balaban J connectivity index is 1.61. The predicted molar refractivity (Wildman–Crippen MR) is 92.3 cm³/mol. The molecule has 0 radical (unpaired) electrons. The van der Waals surface area contributed by atoms with E-state index in [4.69, 9.17) is 4.98 Å². The first-order valence-corrected chi connectivity index (χ1v) is 8.14. The molecule has 1 atom stereocenters. The Morgan fingerprint density at radius 3 is 3.17 bits per heavy atom. The zero-order valence-electron chi connectivity index (χ0n) is 13.3. The third kappa shape index (κ3) is 2.68. The quantitative estimate of drug-likeness (QED) is 0.776. The molecule has 5 heteroatoms. The van der Waals surface area contributed by atoms with Gasteiger partial charge in [0.25, 0.3) is 0 Å². The summed E-state index contributed by atoms with van der Waals surface area (Å²) in [7, 11) is 1.88. The van der Waals surface area contributed by atoms with Gasteiger partial charge in [-0.05, 0) is 37.1 Å². The number of benzene rings is 1. The molecule has 4 rings (SSSR count). The van der Waals surface area contributed by atoms with E-state index < -0.39 is 0 Å². The second kappa shape index (κ2) is 6.01. The van der Waals surface area contributed by atoms with Gasteiger partial charge in [-0.2, -0.15) is 0 Å². The number of hydrogen-bond donors (Lipinski definition) is 2. The third-order valence-corrected chi connectivity index (χ3v) is 4.67. The van der Waals surface area contributed by atoms with E-state index in [0.29, 0.717) is 6.04 Å². The molecule has 0 aliphatic carbocycles. The second-order valence-electron chi connectivity index (χ2n) is 6.06. The number of nitrogens with zero attached hydrogens (tertiary/aromatic N) is 3. The maximum absolute atomic E-state index is 4.70. The third-order valence-electron chi connectivity index (χ3n) is 4.67. The highest BCUT2D eigenvalue weighted by molar-refractivity contribution is 5.82. The van der Waals surface area contributed by atoms with Gasteiger partial charge < -0.3 is 10.3 Å². The van der Waals surface area contributed by atoms with Gasteiger partial charge in [-0.25, -0.2) is 4.98 Å². The number of fused-ring (bicyclic) bond motifs is 1. The van der Waals surface area contributed by atoms with Crippen LogP contribution in [0.4, 0.5) is 5.82 Å². The SMILES string of the molecule is CNc1cncc(C2CCCN2Cc2cccc3[nH]ccc23)n1. The van der Waals surface area contributed by atoms with Crippen LogP contribution in [-0.4, -0.2) is 33.4 Å². The first-order valence-electron chi connectivity index (χ1n) is 8.14. The van der Waals surface area contributed by atoms with Crippen molar-refractivity contribution in [3.05, 3.63) is 54.1 Å². The Bertz CT molecular complexity index is 810. The van der Waals surface area contributed by atoms with Crippen LogP contribution in [0.1, 0.15) is 30.1 Å². The molecule has 1 unspecified atom stereocenters. The Labute approximate surface area is 135 Å². The van der Waals surface area contributed by atoms with Crippen molar-refractivity contribution in [3.8, 4) is 0 Å². The zero-order valence-corrected chi connectivity index (χ0v) is 13.3. The number of likely N-dealkylation sites (tertiary alicyclic amines) is 1. The van der Waals surface area contributed by atoms with Crippen molar-refractivity contribution in [1.82, 2.24) is 19.9 Å². The topological polar surface area (TPSA) is 56.8 Å². The summed E-state index contributed by atoms with van der Waals surface area (Å²) >= 11 is 0. The molecular formula is C18H21N5. The number of aromatic nitrogens is 3. The second-order valence-corrected chi connectivity index (χ2v) is 6.06. The fourth-order valence-corrected chi connectivity index (χ4v) is 3.52. The van der Waals surface area contributed by atoms with Gasteiger partial charge in [-0.1, -0.05) is 12.1 Å². The van der Waals surface area contributed by atoms with E-state index in [1.165, 1.54) is 22.9 Å². The van der Waals surface area contributed by atoms with Gasteiger partial charge in [-0.15, -0.1) is 0 Å². The van der Waals surface area contributed by atoms with Crippen molar-refractivity contribution in [2.24, 2.45) is 0 Å². The van der Waals surface area contributed by atoms with E-state index >= 15 is 0 Å². The molecule has 1 fully saturated rings. The van der Waals surface area contributed by atoms with Gasteiger partial charge in [0.1, 0.15) is 5.82 Å². The number of hydrogen-bond acceptors (Lipinski definition) is 4. The fraction of sp³-hybridized carbons (Fsp3) is 0.333. The molecule has 0 bridgehead atoms. The Hall–Kier alpha value is -2.40. The highest BCUT2D eigenvalue weighted by Gasteiger charge is 2.27. The molecule has 2 aromatic heterocycles. The van der Waals surface area contributed by atoms with Gasteiger partial charge in [0.2, 0.25) is 0 Å². The van der Waals surface area contributed by atoms with E-state index in [1.54, 1.807) is 6.20 Å². The average Bonchev–Trinajstić information content (AvgIpc) is 3.24. The maximum atomic E-state index is 4.70. The van der Waals surface area contributed by atoms with Crippen LogP contribution in [0.5, 0.6) is 0 Å². The van der Waals surface area contributed by atoms with Crippen LogP contribution in [0.25, 0.3) is 10.9 Å². The molecule has 1 aliphatic heterocycles. The number of aromatic amines is 1. The zero-order chi connectivity index (χ0) is 15.6. The van der Waals surface area contributed by atoms with Gasteiger partial charge in [0.05, 0.1) is 24.1 Å². The molecule has 2 N–H and O–H groups in total. The van der Waals surface area contributed by atoms with Crippen LogP contribution in [-0.2, 0) is 6.54 Å².